The minimum Gasteiger partial charge on any atom is -0.260 e. The number of benzene rings is 1. The number of rotatable bonds is 2. The van der Waals surface area contributed by atoms with E-state index in [-0.39, 0.29) is 11.0 Å². The van der Waals surface area contributed by atoms with E-state index in [9.17, 15) is 18.4 Å². The van der Waals surface area contributed by atoms with Crippen molar-refractivity contribution in [1.82, 2.24) is 15.2 Å². The van der Waals surface area contributed by atoms with Gasteiger partial charge < -0.3 is 0 Å². The molecule has 0 radical (unpaired) electrons. The lowest BCUT2D eigenvalue weighted by atomic mass is 9.83. The molecule has 0 aliphatic carbocycles. The summed E-state index contributed by atoms with van der Waals surface area (Å²) in [5.74, 6) is 0. The highest BCUT2D eigenvalue weighted by Gasteiger charge is 2.37. The number of halogens is 3. The maximum Gasteiger partial charge on any atom is 0.435 e. The average molecular weight is 344 g/mol. The molecule has 0 aliphatic rings. The van der Waals surface area contributed by atoms with Gasteiger partial charge in [0.1, 0.15) is 0 Å². The number of nitriles is 1. The van der Waals surface area contributed by atoms with E-state index in [0.29, 0.717) is 11.1 Å². The quantitative estimate of drug-likeness (QED) is 0.729. The molecule has 3 aromatic rings. The first-order valence-corrected chi connectivity index (χ1v) is 7.57. The molecular formula is C18H15F3N4. The molecule has 0 spiro atoms. The van der Waals surface area contributed by atoms with Crippen molar-refractivity contribution in [3.63, 3.8) is 0 Å². The Balaban J connectivity index is 2.31. The second-order valence-electron chi connectivity index (χ2n) is 6.48. The first-order valence-electron chi connectivity index (χ1n) is 7.57. The molecule has 3 rings (SSSR count). The summed E-state index contributed by atoms with van der Waals surface area (Å²) >= 11 is 0. The monoisotopic (exact) mass is 344 g/mol. The van der Waals surface area contributed by atoms with Crippen molar-refractivity contribution in [2.24, 2.45) is 0 Å². The zero-order chi connectivity index (χ0) is 18.4. The van der Waals surface area contributed by atoms with Crippen LogP contribution in [0.5, 0.6) is 0 Å². The Hall–Kier alpha value is -2.88. The topological polar surface area (TPSA) is 65.4 Å². The summed E-state index contributed by atoms with van der Waals surface area (Å²) in [6.45, 7) is 5.39. The molecule has 0 aliphatic heterocycles. The lowest BCUT2D eigenvalue weighted by Gasteiger charge is -2.18. The minimum absolute atomic E-state index is 0.0682. The standard InChI is InChI=1S/C18H15F3N4/c1-10-6-11(8-12(7-10)17(2,3)9-22)13-4-5-23-16-14(13)15(24-25-16)18(19,20)21/h4-8H,1-3H3,(H,23,24,25). The molecule has 0 saturated heterocycles. The molecular weight excluding hydrogens is 329 g/mol. The molecule has 0 atom stereocenters. The predicted molar refractivity (Wildman–Crippen MR) is 87.7 cm³/mol. The van der Waals surface area contributed by atoms with Crippen LogP contribution in [0.2, 0.25) is 0 Å². The van der Waals surface area contributed by atoms with Gasteiger partial charge in [0, 0.05) is 6.20 Å². The van der Waals surface area contributed by atoms with E-state index in [2.05, 4.69) is 21.3 Å². The molecule has 0 bridgehead atoms. The molecule has 4 nitrogen and oxygen atoms in total. The number of nitrogens with zero attached hydrogens (tertiary/aromatic N) is 3. The van der Waals surface area contributed by atoms with Crippen LogP contribution >= 0.6 is 0 Å². The number of hydrogen-bond donors (Lipinski definition) is 1. The van der Waals surface area contributed by atoms with Crippen LogP contribution in [0.3, 0.4) is 0 Å². The zero-order valence-corrected chi connectivity index (χ0v) is 13.9. The van der Waals surface area contributed by atoms with Gasteiger partial charge in [0.05, 0.1) is 16.9 Å². The van der Waals surface area contributed by atoms with Crippen molar-refractivity contribution < 1.29 is 13.2 Å². The number of nitrogens with one attached hydrogen (secondary N) is 1. The summed E-state index contributed by atoms with van der Waals surface area (Å²) in [7, 11) is 0. The molecule has 0 fully saturated rings. The van der Waals surface area contributed by atoms with E-state index in [1.807, 2.05) is 13.0 Å². The van der Waals surface area contributed by atoms with Crippen LogP contribution < -0.4 is 0 Å². The molecule has 2 aromatic heterocycles. The van der Waals surface area contributed by atoms with Crippen LogP contribution in [0.1, 0.15) is 30.7 Å². The smallest absolute Gasteiger partial charge is 0.260 e. The van der Waals surface area contributed by atoms with Gasteiger partial charge in [-0.25, -0.2) is 4.98 Å². The highest BCUT2D eigenvalue weighted by Crippen LogP contribution is 2.38. The Morgan fingerprint density at radius 1 is 1.16 bits per heavy atom. The van der Waals surface area contributed by atoms with E-state index in [1.54, 1.807) is 26.0 Å². The largest absolute Gasteiger partial charge is 0.435 e. The number of pyridine rings is 1. The molecule has 0 amide bonds. The van der Waals surface area contributed by atoms with Crippen LogP contribution in [0.25, 0.3) is 22.2 Å². The predicted octanol–water partition coefficient (Wildman–Crippen LogP) is 4.75. The number of aromatic amines is 1. The molecule has 1 N–H and O–H groups in total. The van der Waals surface area contributed by atoms with Gasteiger partial charge in [-0.1, -0.05) is 17.7 Å². The second kappa shape index (κ2) is 5.59. The minimum atomic E-state index is -4.59. The molecule has 0 unspecified atom stereocenters. The molecule has 128 valence electrons. The van der Waals surface area contributed by atoms with Crippen LogP contribution in [0.15, 0.2) is 30.5 Å². The Morgan fingerprint density at radius 3 is 2.52 bits per heavy atom. The molecule has 7 heteroatoms. The average Bonchev–Trinajstić information content (AvgIpc) is 2.98. The van der Waals surface area contributed by atoms with E-state index < -0.39 is 17.3 Å². The summed E-state index contributed by atoms with van der Waals surface area (Å²) < 4.78 is 39.9. The van der Waals surface area contributed by atoms with Crippen LogP contribution in [0.4, 0.5) is 13.2 Å². The Kier molecular flexibility index (Phi) is 3.79. The SMILES string of the molecule is Cc1cc(-c2ccnc3[nH]nc(C(F)(F)F)c23)cc(C(C)(C)C#N)c1. The maximum atomic E-state index is 13.3. The normalized spacial score (nSPS) is 12.4. The van der Waals surface area contributed by atoms with Gasteiger partial charge in [-0.3, -0.25) is 5.10 Å². The fourth-order valence-corrected chi connectivity index (χ4v) is 2.76. The van der Waals surface area contributed by atoms with Gasteiger partial charge >= 0.3 is 6.18 Å². The summed E-state index contributed by atoms with van der Waals surface area (Å²) in [6.07, 6.45) is -3.15. The van der Waals surface area contributed by atoms with Crippen molar-refractivity contribution >= 4 is 11.0 Å². The third kappa shape index (κ3) is 2.95. The first kappa shape index (κ1) is 17.0. The highest BCUT2D eigenvalue weighted by atomic mass is 19.4. The van der Waals surface area contributed by atoms with Crippen molar-refractivity contribution in [2.75, 3.05) is 0 Å². The number of alkyl halides is 3. The third-order valence-electron chi connectivity index (χ3n) is 4.12. The Bertz CT molecular complexity index is 994. The van der Waals surface area contributed by atoms with Crippen molar-refractivity contribution in [2.45, 2.75) is 32.4 Å². The fourth-order valence-electron chi connectivity index (χ4n) is 2.76. The number of aromatic nitrogens is 3. The van der Waals surface area contributed by atoms with Crippen molar-refractivity contribution in [1.29, 1.82) is 5.26 Å². The van der Waals surface area contributed by atoms with Gasteiger partial charge in [-0.05, 0) is 49.6 Å². The van der Waals surface area contributed by atoms with Gasteiger partial charge in [-0.15, -0.1) is 0 Å². The van der Waals surface area contributed by atoms with Crippen molar-refractivity contribution in [3.8, 4) is 17.2 Å². The Morgan fingerprint density at radius 2 is 1.88 bits per heavy atom. The second-order valence-corrected chi connectivity index (χ2v) is 6.48. The van der Waals surface area contributed by atoms with Gasteiger partial charge in [0.2, 0.25) is 0 Å². The molecule has 2 heterocycles. The molecule has 1 aromatic carbocycles. The molecule has 0 saturated carbocycles. The van der Waals surface area contributed by atoms with Crippen LogP contribution in [-0.2, 0) is 11.6 Å². The first-order chi connectivity index (χ1) is 11.6. The zero-order valence-electron chi connectivity index (χ0n) is 13.9. The van der Waals surface area contributed by atoms with E-state index >= 15 is 0 Å². The fraction of sp³-hybridized carbons (Fsp3) is 0.278. The maximum absolute atomic E-state index is 13.3. The van der Waals surface area contributed by atoms with E-state index in [4.69, 9.17) is 0 Å². The van der Waals surface area contributed by atoms with Gasteiger partial charge in [-0.2, -0.15) is 23.5 Å². The van der Waals surface area contributed by atoms with Crippen LogP contribution in [-0.4, -0.2) is 15.2 Å². The number of H-pyrrole nitrogens is 1. The van der Waals surface area contributed by atoms with Crippen LogP contribution in [0, 0.1) is 18.3 Å². The van der Waals surface area contributed by atoms with E-state index in [0.717, 1.165) is 11.1 Å². The Labute approximate surface area is 142 Å². The highest BCUT2D eigenvalue weighted by molar-refractivity contribution is 5.95. The number of fused-ring (bicyclic) bond motifs is 1. The number of hydrogen-bond acceptors (Lipinski definition) is 3. The lowest BCUT2D eigenvalue weighted by molar-refractivity contribution is -0.139. The van der Waals surface area contributed by atoms with E-state index in [1.165, 1.54) is 12.3 Å². The summed E-state index contributed by atoms with van der Waals surface area (Å²) in [4.78, 5) is 3.94. The van der Waals surface area contributed by atoms with Gasteiger partial charge in [0.15, 0.2) is 11.3 Å². The summed E-state index contributed by atoms with van der Waals surface area (Å²) in [5.41, 5.74) is 0.906. The lowest BCUT2D eigenvalue weighted by Crippen LogP contribution is -2.14. The number of aryl methyl sites for hydroxylation is 1. The third-order valence-corrected chi connectivity index (χ3v) is 4.12. The molecule has 25 heavy (non-hydrogen) atoms. The van der Waals surface area contributed by atoms with Crippen molar-refractivity contribution in [3.05, 3.63) is 47.3 Å². The summed E-state index contributed by atoms with van der Waals surface area (Å²) in [5, 5.41) is 15.0. The van der Waals surface area contributed by atoms with Gasteiger partial charge in [0.25, 0.3) is 0 Å². The summed E-state index contributed by atoms with van der Waals surface area (Å²) in [6, 6.07) is 9.16.